The highest BCUT2D eigenvalue weighted by Gasteiger charge is 2.10. The maximum absolute atomic E-state index is 11.0. The predicted molar refractivity (Wildman–Crippen MR) is 70.8 cm³/mol. The summed E-state index contributed by atoms with van der Waals surface area (Å²) in [7, 11) is 0. The molecular formula is C13H19ClN2O. The first-order chi connectivity index (χ1) is 7.97. The zero-order chi connectivity index (χ0) is 12.8. The molecule has 0 aliphatic rings. The maximum atomic E-state index is 11.0. The fourth-order valence-electron chi connectivity index (χ4n) is 1.77. The van der Waals surface area contributed by atoms with E-state index >= 15 is 0 Å². The van der Waals surface area contributed by atoms with Gasteiger partial charge in [-0.25, -0.2) is 0 Å². The van der Waals surface area contributed by atoms with E-state index in [0.29, 0.717) is 12.5 Å². The number of primary amides is 1. The first-order valence-corrected chi connectivity index (χ1v) is 6.10. The van der Waals surface area contributed by atoms with Crippen LogP contribution in [0.15, 0.2) is 24.3 Å². The Morgan fingerprint density at radius 2 is 1.94 bits per heavy atom. The number of nitrogens with two attached hydrogens (primary N) is 1. The standard InChI is InChI=1S/C13H19ClN2O/c1-10(2)7-16(9-13(15)17)8-11-3-5-12(14)6-4-11/h3-6,10H,7-9H2,1-2H3,(H2,15,17). The third-order valence-corrected chi connectivity index (χ3v) is 2.57. The summed E-state index contributed by atoms with van der Waals surface area (Å²) >= 11 is 5.83. The molecule has 0 aliphatic heterocycles. The molecule has 17 heavy (non-hydrogen) atoms. The number of hydrogen-bond acceptors (Lipinski definition) is 2. The van der Waals surface area contributed by atoms with Crippen LogP contribution in [0.3, 0.4) is 0 Å². The van der Waals surface area contributed by atoms with Crippen molar-refractivity contribution < 1.29 is 4.79 Å². The van der Waals surface area contributed by atoms with Crippen LogP contribution in [0.25, 0.3) is 0 Å². The van der Waals surface area contributed by atoms with E-state index in [1.165, 1.54) is 0 Å². The van der Waals surface area contributed by atoms with Gasteiger partial charge in [0.05, 0.1) is 6.54 Å². The van der Waals surface area contributed by atoms with Crippen molar-refractivity contribution in [2.24, 2.45) is 11.7 Å². The van der Waals surface area contributed by atoms with E-state index in [1.54, 1.807) is 0 Å². The molecule has 1 rings (SSSR count). The second kappa shape index (κ2) is 6.62. The van der Waals surface area contributed by atoms with Crippen molar-refractivity contribution in [3.05, 3.63) is 34.9 Å². The van der Waals surface area contributed by atoms with Crippen LogP contribution in [0.5, 0.6) is 0 Å². The molecule has 0 aromatic heterocycles. The van der Waals surface area contributed by atoms with Gasteiger partial charge in [0.1, 0.15) is 0 Å². The van der Waals surface area contributed by atoms with Gasteiger partial charge in [0.15, 0.2) is 0 Å². The molecule has 1 aromatic rings. The number of amides is 1. The van der Waals surface area contributed by atoms with E-state index < -0.39 is 0 Å². The minimum Gasteiger partial charge on any atom is -0.369 e. The third-order valence-electron chi connectivity index (χ3n) is 2.32. The fraction of sp³-hybridized carbons (Fsp3) is 0.462. The molecule has 1 aromatic carbocycles. The van der Waals surface area contributed by atoms with Crippen molar-refractivity contribution in [2.75, 3.05) is 13.1 Å². The van der Waals surface area contributed by atoms with E-state index in [-0.39, 0.29) is 5.91 Å². The van der Waals surface area contributed by atoms with Crippen LogP contribution >= 0.6 is 11.6 Å². The van der Waals surface area contributed by atoms with Crippen LogP contribution < -0.4 is 5.73 Å². The summed E-state index contributed by atoms with van der Waals surface area (Å²) in [5, 5.41) is 0.721. The topological polar surface area (TPSA) is 46.3 Å². The summed E-state index contributed by atoms with van der Waals surface area (Å²) in [6, 6.07) is 7.65. The number of carbonyl (C=O) groups is 1. The molecule has 0 fully saturated rings. The number of benzene rings is 1. The number of hydrogen-bond donors (Lipinski definition) is 1. The Hall–Kier alpha value is -1.06. The molecule has 0 radical (unpaired) electrons. The van der Waals surface area contributed by atoms with E-state index in [1.807, 2.05) is 24.3 Å². The van der Waals surface area contributed by atoms with Gasteiger partial charge in [-0.2, -0.15) is 0 Å². The second-order valence-electron chi connectivity index (χ2n) is 4.66. The molecule has 94 valence electrons. The molecule has 0 saturated heterocycles. The largest absolute Gasteiger partial charge is 0.369 e. The molecule has 0 bridgehead atoms. The van der Waals surface area contributed by atoms with Gasteiger partial charge in [-0.1, -0.05) is 37.6 Å². The first kappa shape index (κ1) is 14.0. The molecule has 0 aliphatic carbocycles. The van der Waals surface area contributed by atoms with Crippen molar-refractivity contribution in [2.45, 2.75) is 20.4 Å². The monoisotopic (exact) mass is 254 g/mol. The second-order valence-corrected chi connectivity index (χ2v) is 5.09. The molecule has 0 spiro atoms. The van der Waals surface area contributed by atoms with Crippen molar-refractivity contribution in [1.82, 2.24) is 4.90 Å². The summed E-state index contributed by atoms with van der Waals surface area (Å²) in [5.74, 6) is 0.210. The lowest BCUT2D eigenvalue weighted by atomic mass is 10.1. The average Bonchev–Trinajstić information content (AvgIpc) is 2.19. The van der Waals surface area contributed by atoms with Gasteiger partial charge in [-0.15, -0.1) is 0 Å². The molecule has 0 saturated carbocycles. The number of rotatable bonds is 6. The molecule has 4 heteroatoms. The van der Waals surface area contributed by atoms with Gasteiger partial charge < -0.3 is 5.73 Å². The van der Waals surface area contributed by atoms with E-state index in [0.717, 1.165) is 23.7 Å². The van der Waals surface area contributed by atoms with Crippen LogP contribution in [0.4, 0.5) is 0 Å². The summed E-state index contributed by atoms with van der Waals surface area (Å²) < 4.78 is 0. The Morgan fingerprint density at radius 3 is 2.41 bits per heavy atom. The lowest BCUT2D eigenvalue weighted by Gasteiger charge is -2.22. The van der Waals surface area contributed by atoms with Gasteiger partial charge in [0.2, 0.25) is 5.91 Å². The lowest BCUT2D eigenvalue weighted by molar-refractivity contribution is -0.119. The summed E-state index contributed by atoms with van der Waals surface area (Å²) in [5.41, 5.74) is 6.38. The van der Waals surface area contributed by atoms with Gasteiger partial charge in [-0.05, 0) is 23.6 Å². The molecule has 0 unspecified atom stereocenters. The van der Waals surface area contributed by atoms with Crippen LogP contribution in [0.1, 0.15) is 19.4 Å². The molecular weight excluding hydrogens is 236 g/mol. The highest BCUT2D eigenvalue weighted by molar-refractivity contribution is 6.30. The highest BCUT2D eigenvalue weighted by atomic mass is 35.5. The zero-order valence-corrected chi connectivity index (χ0v) is 11.1. The zero-order valence-electron chi connectivity index (χ0n) is 10.3. The summed E-state index contributed by atoms with van der Waals surface area (Å²) in [4.78, 5) is 13.0. The number of carbonyl (C=O) groups excluding carboxylic acids is 1. The van der Waals surface area contributed by atoms with Crippen LogP contribution in [-0.2, 0) is 11.3 Å². The molecule has 1 amide bonds. The minimum absolute atomic E-state index is 0.292. The Kier molecular flexibility index (Phi) is 5.45. The van der Waals surface area contributed by atoms with Crippen molar-refractivity contribution in [3.8, 4) is 0 Å². The minimum atomic E-state index is -0.292. The number of nitrogens with zero attached hydrogens (tertiary/aromatic N) is 1. The smallest absolute Gasteiger partial charge is 0.231 e. The Bertz CT molecular complexity index is 362. The molecule has 3 nitrogen and oxygen atoms in total. The van der Waals surface area contributed by atoms with E-state index in [4.69, 9.17) is 17.3 Å². The summed E-state index contributed by atoms with van der Waals surface area (Å²) in [6.07, 6.45) is 0. The van der Waals surface area contributed by atoms with Crippen molar-refractivity contribution >= 4 is 17.5 Å². The highest BCUT2D eigenvalue weighted by Crippen LogP contribution is 2.12. The predicted octanol–water partition coefficient (Wildman–Crippen LogP) is 2.28. The molecule has 2 N–H and O–H groups in total. The van der Waals surface area contributed by atoms with Gasteiger partial charge in [-0.3, -0.25) is 9.69 Å². The summed E-state index contributed by atoms with van der Waals surface area (Å²) in [6.45, 7) is 6.11. The van der Waals surface area contributed by atoms with Crippen LogP contribution in [0.2, 0.25) is 5.02 Å². The quantitative estimate of drug-likeness (QED) is 0.847. The SMILES string of the molecule is CC(C)CN(CC(N)=O)Cc1ccc(Cl)cc1. The van der Waals surface area contributed by atoms with Gasteiger partial charge in [0.25, 0.3) is 0 Å². The van der Waals surface area contributed by atoms with Crippen LogP contribution in [-0.4, -0.2) is 23.9 Å². The van der Waals surface area contributed by atoms with E-state index in [2.05, 4.69) is 18.7 Å². The Balaban J connectivity index is 2.64. The normalized spacial score (nSPS) is 11.1. The Morgan fingerprint density at radius 1 is 1.35 bits per heavy atom. The average molecular weight is 255 g/mol. The van der Waals surface area contributed by atoms with E-state index in [9.17, 15) is 4.79 Å². The van der Waals surface area contributed by atoms with Crippen LogP contribution in [0, 0.1) is 5.92 Å². The molecule has 0 heterocycles. The van der Waals surface area contributed by atoms with Gasteiger partial charge in [0, 0.05) is 18.1 Å². The lowest BCUT2D eigenvalue weighted by Crippen LogP contribution is -2.35. The fourth-order valence-corrected chi connectivity index (χ4v) is 1.90. The first-order valence-electron chi connectivity index (χ1n) is 5.72. The van der Waals surface area contributed by atoms with Gasteiger partial charge >= 0.3 is 0 Å². The Labute approximate surface area is 108 Å². The maximum Gasteiger partial charge on any atom is 0.231 e. The van der Waals surface area contributed by atoms with Crippen molar-refractivity contribution in [3.63, 3.8) is 0 Å². The third kappa shape index (κ3) is 5.71. The number of halogens is 1. The van der Waals surface area contributed by atoms with Crippen molar-refractivity contribution in [1.29, 1.82) is 0 Å². The molecule has 0 atom stereocenters.